The van der Waals surface area contributed by atoms with Gasteiger partial charge in [0, 0.05) is 6.08 Å². The summed E-state index contributed by atoms with van der Waals surface area (Å²) in [5.41, 5.74) is 0.569. The fourth-order valence-corrected chi connectivity index (χ4v) is 1.92. The molecule has 0 aromatic heterocycles. The van der Waals surface area contributed by atoms with Crippen molar-refractivity contribution in [3.63, 3.8) is 0 Å². The van der Waals surface area contributed by atoms with E-state index in [-0.39, 0.29) is 17.1 Å². The van der Waals surface area contributed by atoms with Gasteiger partial charge in [-0.1, -0.05) is 12.1 Å². The van der Waals surface area contributed by atoms with Crippen molar-refractivity contribution in [2.45, 2.75) is 12.1 Å². The number of hydrogen-bond donors (Lipinski definition) is 1. The van der Waals surface area contributed by atoms with Gasteiger partial charge in [-0.3, -0.25) is 0 Å². The van der Waals surface area contributed by atoms with E-state index in [2.05, 4.69) is 4.74 Å². The Morgan fingerprint density at radius 3 is 1.97 bits per heavy atom. The zero-order valence-electron chi connectivity index (χ0n) is 14.5. The van der Waals surface area contributed by atoms with Gasteiger partial charge in [-0.25, -0.2) is 9.59 Å². The lowest BCUT2D eigenvalue weighted by Crippen LogP contribution is -2.41. The summed E-state index contributed by atoms with van der Waals surface area (Å²) in [6, 6.07) is 10.3. The van der Waals surface area contributed by atoms with E-state index in [1.165, 1.54) is 30.3 Å². The van der Waals surface area contributed by atoms with Crippen LogP contribution < -0.4 is 9.47 Å². The van der Waals surface area contributed by atoms with Crippen LogP contribution in [-0.2, 0) is 4.79 Å². The van der Waals surface area contributed by atoms with E-state index >= 15 is 0 Å². The Balaban J connectivity index is 1.96. The van der Waals surface area contributed by atoms with Crippen LogP contribution in [0.3, 0.4) is 0 Å². The molecular weight excluding hydrogens is 403 g/mol. The number of ether oxygens (including phenoxy) is 2. The molecule has 0 spiro atoms. The summed E-state index contributed by atoms with van der Waals surface area (Å²) in [4.78, 5) is 22.5. The second-order valence-corrected chi connectivity index (χ2v) is 5.65. The molecule has 0 aliphatic heterocycles. The Kier molecular flexibility index (Phi) is 6.57. The van der Waals surface area contributed by atoms with Gasteiger partial charge >= 0.3 is 24.0 Å². The largest absolute Gasteiger partial charge is 0.487 e. The predicted octanol–water partition coefficient (Wildman–Crippen LogP) is 4.58. The molecule has 5 nitrogen and oxygen atoms in total. The van der Waals surface area contributed by atoms with E-state index < -0.39 is 30.6 Å². The monoisotopic (exact) mass is 416 g/mol. The zero-order chi connectivity index (χ0) is 21.7. The molecule has 0 unspecified atom stereocenters. The molecule has 0 saturated carbocycles. The Morgan fingerprint density at radius 1 is 0.897 bits per heavy atom. The number of carbonyl (C=O) groups excluding carboxylic acids is 1. The average Bonchev–Trinajstić information content (AvgIpc) is 2.65. The van der Waals surface area contributed by atoms with Crippen molar-refractivity contribution in [3.05, 3.63) is 65.7 Å². The first-order valence-electron chi connectivity index (χ1n) is 7.88. The maximum Gasteiger partial charge on any atom is 0.456 e. The lowest BCUT2D eigenvalue weighted by Gasteiger charge is -2.19. The third kappa shape index (κ3) is 6.30. The van der Waals surface area contributed by atoms with Crippen molar-refractivity contribution in [2.24, 2.45) is 0 Å². The third-order valence-corrected chi connectivity index (χ3v) is 3.43. The molecule has 0 amide bonds. The molecule has 0 aliphatic rings. The molecule has 2 aromatic carbocycles. The van der Waals surface area contributed by atoms with E-state index in [4.69, 9.17) is 9.84 Å². The van der Waals surface area contributed by atoms with Crippen LogP contribution >= 0.6 is 0 Å². The second-order valence-electron chi connectivity index (χ2n) is 5.65. The minimum atomic E-state index is -5.73. The Bertz CT molecular complexity index is 887. The van der Waals surface area contributed by atoms with Gasteiger partial charge in [0.25, 0.3) is 0 Å². The number of halogens is 5. The molecule has 0 atom stereocenters. The highest BCUT2D eigenvalue weighted by atomic mass is 19.4. The van der Waals surface area contributed by atoms with Crippen LogP contribution in [0.2, 0.25) is 0 Å². The number of carboxylic acid groups (broad SMARTS) is 1. The fraction of sp³-hybridized carbons (Fsp3) is 0.158. The summed E-state index contributed by atoms with van der Waals surface area (Å²) in [5.74, 6) is -7.04. The number of alkyl halides is 5. The van der Waals surface area contributed by atoms with Crippen molar-refractivity contribution in [1.29, 1.82) is 0 Å². The van der Waals surface area contributed by atoms with Crippen molar-refractivity contribution in [2.75, 3.05) is 6.61 Å². The van der Waals surface area contributed by atoms with Gasteiger partial charge in [0.2, 0.25) is 0 Å². The molecule has 29 heavy (non-hydrogen) atoms. The van der Waals surface area contributed by atoms with Crippen molar-refractivity contribution >= 4 is 18.0 Å². The highest BCUT2D eigenvalue weighted by molar-refractivity contribution is 5.91. The minimum Gasteiger partial charge on any atom is -0.487 e. The topological polar surface area (TPSA) is 72.8 Å². The van der Waals surface area contributed by atoms with Crippen molar-refractivity contribution in [1.82, 2.24) is 0 Å². The smallest absolute Gasteiger partial charge is 0.456 e. The predicted molar refractivity (Wildman–Crippen MR) is 91.0 cm³/mol. The first-order valence-corrected chi connectivity index (χ1v) is 7.88. The van der Waals surface area contributed by atoms with Crippen LogP contribution in [0.25, 0.3) is 6.08 Å². The molecule has 1 N–H and O–H groups in total. The summed E-state index contributed by atoms with van der Waals surface area (Å²) in [6.45, 7) is -1.89. The van der Waals surface area contributed by atoms with Gasteiger partial charge in [-0.15, -0.1) is 0 Å². The number of carbonyl (C=O) groups is 2. The molecule has 154 valence electrons. The Morgan fingerprint density at radius 2 is 1.45 bits per heavy atom. The number of esters is 1. The molecule has 0 heterocycles. The van der Waals surface area contributed by atoms with Gasteiger partial charge in [0.15, 0.2) is 6.61 Å². The van der Waals surface area contributed by atoms with Crippen molar-refractivity contribution in [3.8, 4) is 11.5 Å². The lowest BCUT2D eigenvalue weighted by atomic mass is 10.2. The Hall–Kier alpha value is -3.43. The highest BCUT2D eigenvalue weighted by Gasteiger charge is 2.58. The van der Waals surface area contributed by atoms with E-state index in [9.17, 15) is 31.5 Å². The number of aliphatic carboxylic acids is 1. The average molecular weight is 416 g/mol. The SMILES string of the molecule is O=C(O)/C=C/c1ccc(OC(=O)c2ccc(OCC(F)(F)C(F)(F)F)cc2)cc1. The van der Waals surface area contributed by atoms with E-state index in [1.54, 1.807) is 0 Å². The second kappa shape index (κ2) is 8.72. The molecule has 0 saturated heterocycles. The summed E-state index contributed by atoms with van der Waals surface area (Å²) in [5, 5.41) is 8.55. The maximum absolute atomic E-state index is 12.8. The van der Waals surface area contributed by atoms with Crippen LogP contribution in [0.5, 0.6) is 11.5 Å². The van der Waals surface area contributed by atoms with Gasteiger partial charge in [0.1, 0.15) is 11.5 Å². The molecule has 2 rings (SSSR count). The molecule has 10 heteroatoms. The number of hydrogen-bond acceptors (Lipinski definition) is 4. The number of benzene rings is 2. The molecule has 0 aliphatic carbocycles. The molecular formula is C19H13F5O5. The van der Waals surface area contributed by atoms with Crippen LogP contribution in [0, 0.1) is 0 Å². The van der Waals surface area contributed by atoms with Gasteiger partial charge < -0.3 is 14.6 Å². The fourth-order valence-electron chi connectivity index (χ4n) is 1.92. The van der Waals surface area contributed by atoms with Crippen LogP contribution in [0.1, 0.15) is 15.9 Å². The Labute approximate surface area is 161 Å². The highest BCUT2D eigenvalue weighted by Crippen LogP contribution is 2.35. The number of rotatable bonds is 7. The van der Waals surface area contributed by atoms with E-state index in [1.807, 2.05) is 0 Å². The van der Waals surface area contributed by atoms with Gasteiger partial charge in [-0.05, 0) is 48.0 Å². The van der Waals surface area contributed by atoms with Crippen LogP contribution in [-0.4, -0.2) is 35.8 Å². The first kappa shape index (κ1) is 21.9. The summed E-state index contributed by atoms with van der Waals surface area (Å²) < 4.78 is 71.5. The molecule has 0 radical (unpaired) electrons. The lowest BCUT2D eigenvalue weighted by molar-refractivity contribution is -0.290. The van der Waals surface area contributed by atoms with Crippen LogP contribution in [0.15, 0.2) is 54.6 Å². The number of carboxylic acids is 1. The quantitative estimate of drug-likeness (QED) is 0.310. The third-order valence-electron chi connectivity index (χ3n) is 3.43. The van der Waals surface area contributed by atoms with Gasteiger partial charge in [0.05, 0.1) is 5.56 Å². The summed E-state index contributed by atoms with van der Waals surface area (Å²) >= 11 is 0. The summed E-state index contributed by atoms with van der Waals surface area (Å²) in [6.07, 6.45) is -3.44. The normalized spacial score (nSPS) is 12.0. The zero-order valence-corrected chi connectivity index (χ0v) is 14.5. The van der Waals surface area contributed by atoms with E-state index in [0.29, 0.717) is 5.56 Å². The van der Waals surface area contributed by atoms with Crippen molar-refractivity contribution < 1.29 is 46.1 Å². The molecule has 0 fully saturated rings. The standard InChI is InChI=1S/C19H13F5O5/c20-18(21,19(22,23)24)11-28-14-8-4-13(5-9-14)17(27)29-15-6-1-12(2-7-15)3-10-16(25)26/h1-10H,11H2,(H,25,26)/b10-3+. The summed E-state index contributed by atoms with van der Waals surface area (Å²) in [7, 11) is 0. The van der Waals surface area contributed by atoms with Crippen LogP contribution in [0.4, 0.5) is 22.0 Å². The van der Waals surface area contributed by atoms with Gasteiger partial charge in [-0.2, -0.15) is 22.0 Å². The molecule has 2 aromatic rings. The maximum atomic E-state index is 12.8. The van der Waals surface area contributed by atoms with E-state index in [0.717, 1.165) is 30.3 Å². The molecule has 0 bridgehead atoms. The minimum absolute atomic E-state index is 0.00906. The first-order chi connectivity index (χ1) is 13.5.